The van der Waals surface area contributed by atoms with Gasteiger partial charge in [-0.25, -0.2) is 9.59 Å². The molecule has 9 nitrogen and oxygen atoms in total. The van der Waals surface area contributed by atoms with Gasteiger partial charge < -0.3 is 30.2 Å². The van der Waals surface area contributed by atoms with E-state index in [-0.39, 0.29) is 13.0 Å². The van der Waals surface area contributed by atoms with Crippen LogP contribution in [0.25, 0.3) is 10.9 Å². The van der Waals surface area contributed by atoms with E-state index in [1.54, 1.807) is 27.0 Å². The monoisotopic (exact) mass is 495 g/mol. The van der Waals surface area contributed by atoms with Crippen LogP contribution in [0, 0.1) is 0 Å². The van der Waals surface area contributed by atoms with Crippen LogP contribution in [-0.2, 0) is 32.1 Å². The molecule has 3 rings (SSSR count). The third kappa shape index (κ3) is 7.58. The molecule has 0 fully saturated rings. The first-order valence-corrected chi connectivity index (χ1v) is 11.8. The number of aliphatic hydroxyl groups is 1. The molecule has 0 radical (unpaired) electrons. The maximum absolute atomic E-state index is 13.1. The summed E-state index contributed by atoms with van der Waals surface area (Å²) < 4.78 is 10.7. The lowest BCUT2D eigenvalue weighted by Crippen LogP contribution is -2.56. The van der Waals surface area contributed by atoms with Crippen LogP contribution in [0.4, 0.5) is 4.79 Å². The summed E-state index contributed by atoms with van der Waals surface area (Å²) in [5, 5.41) is 16.1. The van der Waals surface area contributed by atoms with Gasteiger partial charge in [0, 0.05) is 23.5 Å². The number of carbonyl (C=O) groups excluding carboxylic acids is 3. The van der Waals surface area contributed by atoms with Crippen LogP contribution in [0.2, 0.25) is 0 Å². The second-order valence-corrected chi connectivity index (χ2v) is 9.58. The Balaban J connectivity index is 1.78. The Kier molecular flexibility index (Phi) is 8.71. The summed E-state index contributed by atoms with van der Waals surface area (Å²) >= 11 is 0. The topological polar surface area (TPSA) is 130 Å². The summed E-state index contributed by atoms with van der Waals surface area (Å²) in [6.45, 7) is 6.46. The summed E-state index contributed by atoms with van der Waals surface area (Å²) in [4.78, 5) is 41.6. The number of para-hydroxylation sites is 1. The minimum atomic E-state index is -1.34. The smallest absolute Gasteiger partial charge is 0.408 e. The number of carbonyl (C=O) groups is 3. The van der Waals surface area contributed by atoms with E-state index in [9.17, 15) is 19.5 Å². The molecular formula is C27H33N3O6. The minimum absolute atomic E-state index is 0.0376. The zero-order chi connectivity index (χ0) is 26.3. The van der Waals surface area contributed by atoms with Gasteiger partial charge in [0.05, 0.1) is 6.10 Å². The Morgan fingerprint density at radius 1 is 1.00 bits per heavy atom. The molecule has 1 aromatic heterocycles. The first-order chi connectivity index (χ1) is 17.0. The van der Waals surface area contributed by atoms with E-state index in [1.807, 2.05) is 54.6 Å². The fourth-order valence-electron chi connectivity index (χ4n) is 3.64. The van der Waals surface area contributed by atoms with Gasteiger partial charge in [-0.2, -0.15) is 0 Å². The number of nitrogens with one attached hydrogen (secondary N) is 3. The largest absolute Gasteiger partial charge is 0.459 e. The number of benzene rings is 2. The van der Waals surface area contributed by atoms with Crippen molar-refractivity contribution < 1.29 is 29.0 Å². The van der Waals surface area contributed by atoms with E-state index in [0.29, 0.717) is 0 Å². The third-order valence-electron chi connectivity index (χ3n) is 5.36. The van der Waals surface area contributed by atoms with Crippen LogP contribution in [0.15, 0.2) is 60.8 Å². The van der Waals surface area contributed by atoms with Crippen LogP contribution >= 0.6 is 0 Å². The zero-order valence-corrected chi connectivity index (χ0v) is 20.9. The van der Waals surface area contributed by atoms with Gasteiger partial charge in [-0.05, 0) is 44.9 Å². The first-order valence-electron chi connectivity index (χ1n) is 11.8. The number of aliphatic hydroxyl groups excluding tert-OH is 1. The Labute approximate surface area is 210 Å². The fraction of sp³-hybridized carbons (Fsp3) is 0.370. The molecule has 2 amide bonds. The van der Waals surface area contributed by atoms with Crippen LogP contribution in [0.5, 0.6) is 0 Å². The molecule has 9 heteroatoms. The molecule has 0 aliphatic heterocycles. The average Bonchev–Trinajstić information content (AvgIpc) is 3.22. The molecule has 36 heavy (non-hydrogen) atoms. The van der Waals surface area contributed by atoms with Crippen molar-refractivity contribution in [3.63, 3.8) is 0 Å². The molecular weight excluding hydrogens is 462 g/mol. The molecule has 0 saturated carbocycles. The van der Waals surface area contributed by atoms with Gasteiger partial charge in [0.25, 0.3) is 0 Å². The number of rotatable bonds is 9. The summed E-state index contributed by atoms with van der Waals surface area (Å²) in [6.07, 6.45) is -0.183. The molecule has 0 aliphatic rings. The molecule has 3 aromatic rings. The highest BCUT2D eigenvalue weighted by Crippen LogP contribution is 2.20. The normalized spacial score (nSPS) is 13.9. The predicted molar refractivity (Wildman–Crippen MR) is 135 cm³/mol. The fourth-order valence-corrected chi connectivity index (χ4v) is 3.64. The van der Waals surface area contributed by atoms with E-state index >= 15 is 0 Å². The summed E-state index contributed by atoms with van der Waals surface area (Å²) in [5.74, 6) is -1.38. The zero-order valence-electron chi connectivity index (χ0n) is 20.9. The standard InChI is InChI=1S/C27H33N3O6/c1-17(31)23(30-26(34)36-27(2,3)4)24(32)29-22(25(33)35-16-18-10-6-5-7-11-18)14-19-15-28-21-13-9-8-12-20(19)21/h5-13,15,17,22-23,28,31H,14,16H2,1-4H3,(H,29,32)(H,30,34)/t17-,22+,23+/m1/s1. The summed E-state index contributed by atoms with van der Waals surface area (Å²) in [5.41, 5.74) is 1.71. The van der Waals surface area contributed by atoms with Crippen molar-refractivity contribution >= 4 is 28.9 Å². The highest BCUT2D eigenvalue weighted by molar-refractivity contribution is 5.91. The Morgan fingerprint density at radius 3 is 2.33 bits per heavy atom. The Morgan fingerprint density at radius 2 is 1.67 bits per heavy atom. The average molecular weight is 496 g/mol. The van der Waals surface area contributed by atoms with Crippen molar-refractivity contribution in [3.8, 4) is 0 Å². The predicted octanol–water partition coefficient (Wildman–Crippen LogP) is 3.21. The van der Waals surface area contributed by atoms with E-state index in [1.165, 1.54) is 6.92 Å². The van der Waals surface area contributed by atoms with Gasteiger partial charge in [0.1, 0.15) is 24.3 Å². The highest BCUT2D eigenvalue weighted by Gasteiger charge is 2.32. The lowest BCUT2D eigenvalue weighted by Gasteiger charge is -2.26. The Hall–Kier alpha value is -3.85. The number of alkyl carbamates (subject to hydrolysis) is 1. The molecule has 0 bridgehead atoms. The number of H-pyrrole nitrogens is 1. The SMILES string of the molecule is C[C@@H](O)[C@H](NC(=O)OC(C)(C)C)C(=O)N[C@@H](Cc1c[nH]c2ccccc12)C(=O)OCc1ccccc1. The van der Waals surface area contributed by atoms with Crippen molar-refractivity contribution in [1.29, 1.82) is 0 Å². The minimum Gasteiger partial charge on any atom is -0.459 e. The molecule has 1 heterocycles. The van der Waals surface area contributed by atoms with Crippen molar-refractivity contribution in [3.05, 3.63) is 71.9 Å². The highest BCUT2D eigenvalue weighted by atomic mass is 16.6. The van der Waals surface area contributed by atoms with Gasteiger partial charge >= 0.3 is 12.1 Å². The van der Waals surface area contributed by atoms with Crippen molar-refractivity contribution in [2.45, 2.75) is 64.5 Å². The molecule has 0 aliphatic carbocycles. The van der Waals surface area contributed by atoms with Crippen molar-refractivity contribution in [2.75, 3.05) is 0 Å². The number of aromatic amines is 1. The van der Waals surface area contributed by atoms with E-state index < -0.39 is 41.8 Å². The molecule has 0 saturated heterocycles. The molecule has 192 valence electrons. The van der Waals surface area contributed by atoms with Crippen molar-refractivity contribution in [2.24, 2.45) is 0 Å². The second-order valence-electron chi connectivity index (χ2n) is 9.58. The number of hydrogen-bond donors (Lipinski definition) is 4. The molecule has 3 atom stereocenters. The number of ether oxygens (including phenoxy) is 2. The van der Waals surface area contributed by atoms with Crippen LogP contribution in [-0.4, -0.2) is 51.8 Å². The number of amides is 2. The van der Waals surface area contributed by atoms with E-state index in [2.05, 4.69) is 15.6 Å². The lowest BCUT2D eigenvalue weighted by atomic mass is 10.0. The van der Waals surface area contributed by atoms with Gasteiger partial charge in [-0.15, -0.1) is 0 Å². The maximum atomic E-state index is 13.1. The third-order valence-corrected chi connectivity index (χ3v) is 5.36. The lowest BCUT2D eigenvalue weighted by molar-refractivity contribution is -0.149. The number of aromatic nitrogens is 1. The van der Waals surface area contributed by atoms with Gasteiger partial charge in [0.15, 0.2) is 0 Å². The van der Waals surface area contributed by atoms with E-state index in [4.69, 9.17) is 9.47 Å². The van der Waals surface area contributed by atoms with Crippen LogP contribution in [0.1, 0.15) is 38.8 Å². The van der Waals surface area contributed by atoms with Crippen molar-refractivity contribution in [1.82, 2.24) is 15.6 Å². The first kappa shape index (κ1) is 26.7. The number of hydrogen-bond acceptors (Lipinski definition) is 6. The molecule has 2 aromatic carbocycles. The van der Waals surface area contributed by atoms with Gasteiger partial charge in [-0.3, -0.25) is 4.79 Å². The quantitative estimate of drug-likeness (QED) is 0.337. The van der Waals surface area contributed by atoms with Gasteiger partial charge in [0.2, 0.25) is 5.91 Å². The van der Waals surface area contributed by atoms with E-state index in [0.717, 1.165) is 22.0 Å². The number of esters is 1. The second kappa shape index (κ2) is 11.7. The molecule has 0 spiro atoms. The summed E-state index contributed by atoms with van der Waals surface area (Å²) in [6, 6.07) is 14.4. The Bertz CT molecular complexity index is 1180. The van der Waals surface area contributed by atoms with Crippen LogP contribution in [0.3, 0.4) is 0 Å². The van der Waals surface area contributed by atoms with Crippen LogP contribution < -0.4 is 10.6 Å². The molecule has 0 unspecified atom stereocenters. The number of fused-ring (bicyclic) bond motifs is 1. The molecule has 4 N–H and O–H groups in total. The summed E-state index contributed by atoms with van der Waals surface area (Å²) in [7, 11) is 0. The van der Waals surface area contributed by atoms with Gasteiger partial charge in [-0.1, -0.05) is 48.5 Å². The maximum Gasteiger partial charge on any atom is 0.408 e.